The second-order valence-corrected chi connectivity index (χ2v) is 11.8. The molecule has 5 rings (SSSR count). The number of alkyl halides is 3. The summed E-state index contributed by atoms with van der Waals surface area (Å²) in [5.41, 5.74) is 3.19. The van der Waals surface area contributed by atoms with Gasteiger partial charge in [0.05, 0.1) is 10.8 Å². The quantitative estimate of drug-likeness (QED) is 0.562. The highest BCUT2D eigenvalue weighted by Crippen LogP contribution is 2.34. The van der Waals surface area contributed by atoms with Crippen molar-refractivity contribution in [3.8, 4) is 0 Å². The van der Waals surface area contributed by atoms with E-state index in [9.17, 15) is 31.2 Å². The molecule has 1 fully saturated rings. The molecule has 198 valence electrons. The van der Waals surface area contributed by atoms with Gasteiger partial charge in [-0.3, -0.25) is 9.59 Å². The van der Waals surface area contributed by atoms with Crippen molar-refractivity contribution < 1.29 is 35.9 Å². The van der Waals surface area contributed by atoms with Crippen molar-refractivity contribution in [2.75, 3.05) is 19.6 Å². The minimum Gasteiger partial charge on any atom is -0.461 e. The van der Waals surface area contributed by atoms with Crippen LogP contribution in [-0.4, -0.2) is 55.3 Å². The van der Waals surface area contributed by atoms with Gasteiger partial charge in [-0.1, -0.05) is 30.3 Å². The fraction of sp³-hybridized carbons (Fsp3) is 0.462. The van der Waals surface area contributed by atoms with E-state index < -0.39 is 22.1 Å². The number of carbonyl (C=O) groups is 2. The lowest BCUT2D eigenvalue weighted by Crippen LogP contribution is -2.44. The number of amides is 1. The first kappa shape index (κ1) is 25.7. The Balaban J connectivity index is 1.28. The molecule has 0 saturated carbocycles. The number of hydrogen-bond donors (Lipinski definition) is 0. The molecule has 2 aromatic carbocycles. The number of esters is 1. The fourth-order valence-corrected chi connectivity index (χ4v) is 7.07. The maximum absolute atomic E-state index is 13.4. The molecule has 0 spiro atoms. The van der Waals surface area contributed by atoms with Crippen molar-refractivity contribution in [1.82, 2.24) is 9.21 Å². The van der Waals surface area contributed by atoms with E-state index in [0.29, 0.717) is 29.7 Å². The van der Waals surface area contributed by atoms with Gasteiger partial charge in [0, 0.05) is 26.2 Å². The van der Waals surface area contributed by atoms with E-state index >= 15 is 0 Å². The highest BCUT2D eigenvalue weighted by Gasteiger charge is 2.43. The Morgan fingerprint density at radius 2 is 1.65 bits per heavy atom. The SMILES string of the molecule is O=C1OCc2ccccc2CC1C1CCN(S(=O)(=O)c2ccc3c(c2)CN(C(=O)C(F)(F)F)CC3)CC1. The molecule has 0 N–H and O–H groups in total. The van der Waals surface area contributed by atoms with E-state index in [0.717, 1.165) is 16.7 Å². The predicted molar refractivity (Wildman–Crippen MR) is 127 cm³/mol. The highest BCUT2D eigenvalue weighted by atomic mass is 32.2. The summed E-state index contributed by atoms with van der Waals surface area (Å²) in [7, 11) is -3.89. The summed E-state index contributed by atoms with van der Waals surface area (Å²) in [5, 5.41) is 0. The van der Waals surface area contributed by atoms with E-state index in [4.69, 9.17) is 4.74 Å². The van der Waals surface area contributed by atoms with Crippen molar-refractivity contribution in [1.29, 1.82) is 0 Å². The second kappa shape index (κ2) is 9.75. The molecule has 1 atom stereocenters. The lowest BCUT2D eigenvalue weighted by Gasteiger charge is -2.34. The third-order valence-corrected chi connectivity index (χ3v) is 9.55. The molecule has 3 aliphatic rings. The van der Waals surface area contributed by atoms with E-state index in [1.165, 1.54) is 16.4 Å². The molecular formula is C26H27F3N2O5S. The zero-order valence-electron chi connectivity index (χ0n) is 20.0. The smallest absolute Gasteiger partial charge is 0.461 e. The number of carbonyl (C=O) groups excluding carboxylic acids is 2. The van der Waals surface area contributed by atoms with Gasteiger partial charge in [-0.05, 0) is 66.0 Å². The molecule has 1 unspecified atom stereocenters. The molecular weight excluding hydrogens is 509 g/mol. The summed E-state index contributed by atoms with van der Waals surface area (Å²) in [5.74, 6) is -2.54. The van der Waals surface area contributed by atoms with Crippen molar-refractivity contribution in [3.63, 3.8) is 0 Å². The summed E-state index contributed by atoms with van der Waals surface area (Å²) in [6.07, 6.45) is -3.19. The molecule has 3 aliphatic heterocycles. The topological polar surface area (TPSA) is 84.0 Å². The minimum atomic E-state index is -4.97. The van der Waals surface area contributed by atoms with Crippen molar-refractivity contribution >= 4 is 21.9 Å². The third kappa shape index (κ3) is 5.11. The largest absolute Gasteiger partial charge is 0.471 e. The summed E-state index contributed by atoms with van der Waals surface area (Å²) >= 11 is 0. The van der Waals surface area contributed by atoms with Crippen LogP contribution >= 0.6 is 0 Å². The van der Waals surface area contributed by atoms with Crippen molar-refractivity contribution in [3.05, 3.63) is 64.7 Å². The number of halogens is 3. The van der Waals surface area contributed by atoms with Gasteiger partial charge in [0.25, 0.3) is 0 Å². The van der Waals surface area contributed by atoms with Gasteiger partial charge in [-0.2, -0.15) is 17.5 Å². The summed E-state index contributed by atoms with van der Waals surface area (Å²) in [6.45, 7) is 0.342. The van der Waals surface area contributed by atoms with Crippen molar-refractivity contribution in [2.24, 2.45) is 11.8 Å². The zero-order valence-corrected chi connectivity index (χ0v) is 20.9. The summed E-state index contributed by atoms with van der Waals surface area (Å²) in [6, 6.07) is 12.2. The Morgan fingerprint density at radius 3 is 2.35 bits per heavy atom. The number of nitrogens with zero attached hydrogens (tertiary/aromatic N) is 2. The number of hydrogen-bond acceptors (Lipinski definition) is 5. The van der Waals surface area contributed by atoms with Crippen LogP contribution in [0.5, 0.6) is 0 Å². The van der Waals surface area contributed by atoms with Crippen LogP contribution in [0.25, 0.3) is 0 Å². The van der Waals surface area contributed by atoms with Gasteiger partial charge in [0.15, 0.2) is 0 Å². The van der Waals surface area contributed by atoms with E-state index in [-0.39, 0.29) is 61.9 Å². The Hall–Kier alpha value is -2.92. The number of piperidine rings is 1. The van der Waals surface area contributed by atoms with Gasteiger partial charge in [-0.15, -0.1) is 0 Å². The number of ether oxygens (including phenoxy) is 1. The van der Waals surface area contributed by atoms with Gasteiger partial charge in [-0.25, -0.2) is 8.42 Å². The maximum Gasteiger partial charge on any atom is 0.471 e. The highest BCUT2D eigenvalue weighted by molar-refractivity contribution is 7.89. The predicted octanol–water partition coefficient (Wildman–Crippen LogP) is 3.45. The number of sulfonamides is 1. The molecule has 37 heavy (non-hydrogen) atoms. The van der Waals surface area contributed by atoms with Crippen LogP contribution in [0.3, 0.4) is 0 Å². The number of rotatable bonds is 3. The van der Waals surface area contributed by atoms with E-state index in [1.807, 2.05) is 24.3 Å². The first-order valence-electron chi connectivity index (χ1n) is 12.3. The summed E-state index contributed by atoms with van der Waals surface area (Å²) in [4.78, 5) is 25.1. The van der Waals surface area contributed by atoms with Crippen LogP contribution in [0.1, 0.15) is 35.1 Å². The maximum atomic E-state index is 13.4. The van der Waals surface area contributed by atoms with Crippen LogP contribution < -0.4 is 0 Å². The third-order valence-electron chi connectivity index (χ3n) is 7.66. The second-order valence-electron chi connectivity index (χ2n) is 9.83. The lowest BCUT2D eigenvalue weighted by atomic mass is 9.81. The molecule has 0 radical (unpaired) electrons. The first-order chi connectivity index (χ1) is 17.5. The molecule has 1 saturated heterocycles. The molecule has 0 aromatic heterocycles. The average Bonchev–Trinajstić information content (AvgIpc) is 3.06. The lowest BCUT2D eigenvalue weighted by molar-refractivity contribution is -0.186. The van der Waals surface area contributed by atoms with Gasteiger partial charge < -0.3 is 9.64 Å². The van der Waals surface area contributed by atoms with Crippen LogP contribution in [0.2, 0.25) is 0 Å². The number of fused-ring (bicyclic) bond motifs is 2. The Bertz CT molecular complexity index is 1320. The molecule has 11 heteroatoms. The van der Waals surface area contributed by atoms with Gasteiger partial charge in [0.2, 0.25) is 10.0 Å². The number of benzene rings is 2. The standard InChI is InChI=1S/C26H27F3N2O5S/c27-26(28,29)25(33)30-10-7-17-5-6-22(13-21(17)15-30)37(34,35)31-11-8-18(9-12-31)23-14-19-3-1-2-4-20(19)16-36-24(23)32/h1-6,13,18,23H,7-12,14-16H2. The van der Waals surface area contributed by atoms with Crippen LogP contribution in [-0.2, 0) is 50.3 Å². The Kier molecular flexibility index (Phi) is 6.78. The van der Waals surface area contributed by atoms with Crippen LogP contribution in [0.4, 0.5) is 13.2 Å². The average molecular weight is 537 g/mol. The van der Waals surface area contributed by atoms with E-state index in [2.05, 4.69) is 0 Å². The molecule has 1 amide bonds. The molecule has 3 heterocycles. The van der Waals surface area contributed by atoms with Gasteiger partial charge in [0.1, 0.15) is 6.61 Å². The zero-order chi connectivity index (χ0) is 26.4. The fourth-order valence-electron chi connectivity index (χ4n) is 5.55. The van der Waals surface area contributed by atoms with Crippen LogP contribution in [0, 0.1) is 11.8 Å². The summed E-state index contributed by atoms with van der Waals surface area (Å²) < 4.78 is 72.3. The molecule has 0 aliphatic carbocycles. The van der Waals surface area contributed by atoms with E-state index in [1.54, 1.807) is 6.07 Å². The van der Waals surface area contributed by atoms with Crippen LogP contribution in [0.15, 0.2) is 47.4 Å². The molecule has 7 nitrogen and oxygen atoms in total. The minimum absolute atomic E-state index is 0.00573. The first-order valence-corrected chi connectivity index (χ1v) is 13.7. The molecule has 0 bridgehead atoms. The number of cyclic esters (lactones) is 1. The van der Waals surface area contributed by atoms with Gasteiger partial charge >= 0.3 is 18.1 Å². The normalized spacial score (nSPS) is 21.5. The monoisotopic (exact) mass is 536 g/mol. The van der Waals surface area contributed by atoms with Crippen molar-refractivity contribution in [2.45, 2.75) is 49.9 Å². The Morgan fingerprint density at radius 1 is 0.946 bits per heavy atom. The Labute approximate surface area is 213 Å². The molecule has 2 aromatic rings.